The Labute approximate surface area is 186 Å². The van der Waals surface area contributed by atoms with Crippen LogP contribution in [0.5, 0.6) is 5.75 Å². The van der Waals surface area contributed by atoms with Gasteiger partial charge >= 0.3 is 0 Å². The lowest BCUT2D eigenvalue weighted by atomic mass is 9.99. The second-order valence-electron chi connectivity index (χ2n) is 7.72. The van der Waals surface area contributed by atoms with Gasteiger partial charge in [0.2, 0.25) is 0 Å². The smallest absolute Gasteiger partial charge is 0.159 e. The zero-order valence-corrected chi connectivity index (χ0v) is 18.1. The van der Waals surface area contributed by atoms with Gasteiger partial charge in [-0.2, -0.15) is 10.4 Å². The maximum Gasteiger partial charge on any atom is 0.159 e. The molecule has 1 aromatic heterocycles. The largest absolute Gasteiger partial charge is 0.495 e. The first kappa shape index (κ1) is 21.2. The molecule has 1 fully saturated rings. The molecule has 0 radical (unpaired) electrons. The van der Waals surface area contributed by atoms with E-state index in [9.17, 15) is 10.4 Å². The third-order valence-electron chi connectivity index (χ3n) is 5.79. The number of nitrogens with two attached hydrogens (primary N) is 1. The molecule has 31 heavy (non-hydrogen) atoms. The van der Waals surface area contributed by atoms with Crippen molar-refractivity contribution in [3.05, 3.63) is 52.2 Å². The molecule has 160 valence electrons. The molecule has 3 aromatic rings. The molecule has 0 amide bonds. The summed E-state index contributed by atoms with van der Waals surface area (Å²) in [7, 11) is 1.59. The monoisotopic (exact) mass is 437 g/mol. The summed E-state index contributed by atoms with van der Waals surface area (Å²) in [5.41, 5.74) is 9.04. The molecule has 1 aliphatic rings. The molecular formula is C23H24ClN5O2. The maximum absolute atomic E-state index is 9.84. The second-order valence-corrected chi connectivity index (χ2v) is 8.13. The number of hydrogen-bond donors (Lipinski definition) is 2. The molecule has 0 bridgehead atoms. The Bertz CT molecular complexity index is 1150. The van der Waals surface area contributed by atoms with Gasteiger partial charge in [0.25, 0.3) is 0 Å². The van der Waals surface area contributed by atoms with Gasteiger partial charge in [-0.05, 0) is 55.5 Å². The van der Waals surface area contributed by atoms with Crippen LogP contribution < -0.4 is 15.4 Å². The fourth-order valence-corrected chi connectivity index (χ4v) is 4.32. The minimum absolute atomic E-state index is 0.277. The van der Waals surface area contributed by atoms with E-state index < -0.39 is 0 Å². The van der Waals surface area contributed by atoms with Crippen LogP contribution in [-0.2, 0) is 12.8 Å². The Kier molecular flexibility index (Phi) is 6.12. The lowest BCUT2D eigenvalue weighted by Crippen LogP contribution is -2.36. The van der Waals surface area contributed by atoms with E-state index in [1.165, 1.54) is 0 Å². The molecule has 8 heteroatoms. The summed E-state index contributed by atoms with van der Waals surface area (Å²) in [6, 6.07) is 11.5. The van der Waals surface area contributed by atoms with Gasteiger partial charge < -0.3 is 20.5 Å². The van der Waals surface area contributed by atoms with Crippen LogP contribution in [-0.4, -0.2) is 41.6 Å². The number of halogens is 1. The zero-order chi connectivity index (χ0) is 22.0. The minimum Gasteiger partial charge on any atom is -0.495 e. The number of hydrogen-bond acceptors (Lipinski definition) is 7. The Hall–Kier alpha value is -3.08. The molecule has 4 rings (SSSR count). The second kappa shape index (κ2) is 8.96. The minimum atomic E-state index is -0.277. The van der Waals surface area contributed by atoms with Crippen molar-refractivity contribution in [1.82, 2.24) is 10.2 Å². The molecule has 0 saturated carbocycles. The molecule has 2 aromatic carbocycles. The molecule has 1 aliphatic heterocycles. The fraction of sp³-hybridized carbons (Fsp3) is 0.348. The predicted octanol–water partition coefficient (Wildman–Crippen LogP) is 3.49. The van der Waals surface area contributed by atoms with Crippen LogP contribution in [0.25, 0.3) is 10.8 Å². The number of aromatic nitrogens is 2. The number of nitrogen functional groups attached to an aromatic ring is 1. The molecule has 2 heterocycles. The number of fused-ring (bicyclic) bond motifs is 1. The number of benzene rings is 2. The first-order chi connectivity index (χ1) is 15.0. The van der Waals surface area contributed by atoms with E-state index in [1.807, 2.05) is 24.3 Å². The molecule has 0 spiro atoms. The first-order valence-corrected chi connectivity index (χ1v) is 10.6. The number of piperidine rings is 1. The van der Waals surface area contributed by atoms with Gasteiger partial charge in [-0.15, -0.1) is 5.10 Å². The summed E-state index contributed by atoms with van der Waals surface area (Å²) in [5.74, 6) is 1.38. The van der Waals surface area contributed by atoms with Crippen molar-refractivity contribution in [1.29, 1.82) is 5.26 Å². The van der Waals surface area contributed by atoms with Crippen LogP contribution in [0.1, 0.15) is 29.7 Å². The van der Waals surface area contributed by atoms with E-state index in [0.717, 1.165) is 27.8 Å². The maximum atomic E-state index is 9.84. The van der Waals surface area contributed by atoms with Gasteiger partial charge in [-0.3, -0.25) is 0 Å². The van der Waals surface area contributed by atoms with Crippen molar-refractivity contribution < 1.29 is 9.84 Å². The molecule has 0 atom stereocenters. The van der Waals surface area contributed by atoms with Crippen molar-refractivity contribution in [2.75, 3.05) is 30.8 Å². The van der Waals surface area contributed by atoms with Gasteiger partial charge in [0.05, 0.1) is 35.2 Å². The van der Waals surface area contributed by atoms with Gasteiger partial charge in [0, 0.05) is 23.9 Å². The number of methoxy groups -OCH3 is 1. The Morgan fingerprint density at radius 3 is 2.68 bits per heavy atom. The van der Waals surface area contributed by atoms with Crippen LogP contribution in [0.3, 0.4) is 0 Å². The highest BCUT2D eigenvalue weighted by molar-refractivity contribution is 6.32. The van der Waals surface area contributed by atoms with E-state index >= 15 is 0 Å². The summed E-state index contributed by atoms with van der Waals surface area (Å²) < 4.78 is 5.22. The SMILES string of the molecule is COc1ccc(CCc2nnc(N3CCC(O)CC3)c3ccc(C#N)c(N)c23)cc1Cl. The third-order valence-corrected chi connectivity index (χ3v) is 6.09. The number of rotatable bonds is 5. The third kappa shape index (κ3) is 4.22. The number of nitriles is 1. The Balaban J connectivity index is 1.71. The normalized spacial score (nSPS) is 14.6. The van der Waals surface area contributed by atoms with Crippen LogP contribution >= 0.6 is 11.6 Å². The highest BCUT2D eigenvalue weighted by Crippen LogP contribution is 2.34. The first-order valence-electron chi connectivity index (χ1n) is 10.2. The number of nitrogens with zero attached hydrogens (tertiary/aromatic N) is 4. The average molecular weight is 438 g/mol. The molecule has 0 unspecified atom stereocenters. The van der Waals surface area contributed by atoms with Crippen molar-refractivity contribution in [2.24, 2.45) is 0 Å². The van der Waals surface area contributed by atoms with Crippen molar-refractivity contribution in [2.45, 2.75) is 31.8 Å². The molecular weight excluding hydrogens is 414 g/mol. The van der Waals surface area contributed by atoms with Crippen LogP contribution in [0.4, 0.5) is 11.5 Å². The van der Waals surface area contributed by atoms with Crippen LogP contribution in [0.2, 0.25) is 5.02 Å². The van der Waals surface area contributed by atoms with Crippen LogP contribution in [0.15, 0.2) is 30.3 Å². The van der Waals surface area contributed by atoms with Gasteiger partial charge in [0.15, 0.2) is 5.82 Å². The lowest BCUT2D eigenvalue weighted by Gasteiger charge is -2.31. The summed E-state index contributed by atoms with van der Waals surface area (Å²) in [6.45, 7) is 1.41. The summed E-state index contributed by atoms with van der Waals surface area (Å²) in [6.07, 6.45) is 2.40. The van der Waals surface area contributed by atoms with Crippen LogP contribution in [0, 0.1) is 11.3 Å². The molecule has 3 N–H and O–H groups in total. The van der Waals surface area contributed by atoms with Gasteiger partial charge in [-0.25, -0.2) is 0 Å². The predicted molar refractivity (Wildman–Crippen MR) is 122 cm³/mol. The fourth-order valence-electron chi connectivity index (χ4n) is 4.04. The number of aliphatic hydroxyl groups excluding tert-OH is 1. The summed E-state index contributed by atoms with van der Waals surface area (Å²) in [5, 5.41) is 30.6. The molecule has 7 nitrogen and oxygen atoms in total. The highest BCUT2D eigenvalue weighted by Gasteiger charge is 2.23. The Morgan fingerprint density at radius 1 is 1.23 bits per heavy atom. The van der Waals surface area contributed by atoms with Crippen molar-refractivity contribution in [3.8, 4) is 11.8 Å². The lowest BCUT2D eigenvalue weighted by molar-refractivity contribution is 0.145. The summed E-state index contributed by atoms with van der Waals surface area (Å²) >= 11 is 6.26. The van der Waals surface area contributed by atoms with E-state index in [0.29, 0.717) is 60.8 Å². The van der Waals surface area contributed by atoms with E-state index in [2.05, 4.69) is 21.2 Å². The topological polar surface area (TPSA) is 108 Å². The summed E-state index contributed by atoms with van der Waals surface area (Å²) in [4.78, 5) is 2.13. The van der Waals surface area contributed by atoms with Gasteiger partial charge in [-0.1, -0.05) is 17.7 Å². The Morgan fingerprint density at radius 2 is 2.00 bits per heavy atom. The van der Waals surface area contributed by atoms with Gasteiger partial charge in [0.1, 0.15) is 11.8 Å². The zero-order valence-electron chi connectivity index (χ0n) is 17.3. The van der Waals surface area contributed by atoms with Crippen molar-refractivity contribution in [3.63, 3.8) is 0 Å². The standard InChI is InChI=1S/C23H24ClN5O2/c1-31-20-7-3-14(12-18(20)24)2-6-19-21-17(5-4-15(13-25)22(21)26)23(28-27-19)29-10-8-16(30)9-11-29/h3-5,7,12,16,30H,2,6,8-11,26H2,1H3. The highest BCUT2D eigenvalue weighted by atomic mass is 35.5. The molecule has 0 aliphatic carbocycles. The number of aryl methyl sites for hydroxylation is 2. The van der Waals surface area contributed by atoms with E-state index in [1.54, 1.807) is 13.2 Å². The quantitative estimate of drug-likeness (QED) is 0.588. The molecule has 1 saturated heterocycles. The number of aliphatic hydroxyl groups is 1. The van der Waals surface area contributed by atoms with Crippen molar-refractivity contribution >= 4 is 33.9 Å². The number of ether oxygens (including phenoxy) is 1. The van der Waals surface area contributed by atoms with E-state index in [4.69, 9.17) is 22.1 Å². The average Bonchev–Trinajstić information content (AvgIpc) is 2.78. The number of anilines is 2. The van der Waals surface area contributed by atoms with E-state index in [-0.39, 0.29) is 6.10 Å².